The Hall–Kier alpha value is -3.32. The number of carbonyl (C=O) groups is 3. The molecule has 0 unspecified atom stereocenters. The molecule has 0 spiro atoms. The van der Waals surface area contributed by atoms with Gasteiger partial charge in [-0.05, 0) is 43.4 Å². The second kappa shape index (κ2) is 11.4. The monoisotopic (exact) mass is 489 g/mol. The zero-order valence-electron chi connectivity index (χ0n) is 20.3. The number of thiazole rings is 1. The van der Waals surface area contributed by atoms with Gasteiger partial charge in [0.15, 0.2) is 0 Å². The Morgan fingerprint density at radius 1 is 1.03 bits per heavy atom. The second-order valence-electron chi connectivity index (χ2n) is 8.98. The van der Waals surface area contributed by atoms with Gasteiger partial charge >= 0.3 is 0 Å². The molecule has 1 aliphatic heterocycles. The summed E-state index contributed by atoms with van der Waals surface area (Å²) in [6.07, 6.45) is 3.21. The largest absolute Gasteiger partial charge is 0.343 e. The third-order valence-electron chi connectivity index (χ3n) is 6.49. The standard InChI is InChI=1S/C28H31N3O3S/c1-3-20-9-11-21(12-10-20)23-6-4-5-7-24(23)29-27(34)25-18-35-28(30-25)22-14-16-31(17-15-22)26(33)13-8-19(2)32/h4-7,9-12,18,22H,3,8,13-17H2,1-2H3,(H,29,34). The molecular weight excluding hydrogens is 458 g/mol. The van der Waals surface area contributed by atoms with Crippen LogP contribution in [0.3, 0.4) is 0 Å². The second-order valence-corrected chi connectivity index (χ2v) is 9.87. The van der Waals surface area contributed by atoms with Crippen LogP contribution in [0.1, 0.15) is 66.5 Å². The number of carbonyl (C=O) groups excluding carboxylic acids is 3. The summed E-state index contributed by atoms with van der Waals surface area (Å²) in [5.74, 6) is 0.101. The van der Waals surface area contributed by atoms with Crippen LogP contribution >= 0.6 is 11.3 Å². The summed E-state index contributed by atoms with van der Waals surface area (Å²) in [6.45, 7) is 4.96. The summed E-state index contributed by atoms with van der Waals surface area (Å²) in [6, 6.07) is 16.2. The van der Waals surface area contributed by atoms with E-state index in [1.807, 2.05) is 34.5 Å². The summed E-state index contributed by atoms with van der Waals surface area (Å²) < 4.78 is 0. The van der Waals surface area contributed by atoms with Crippen molar-refractivity contribution in [3.05, 3.63) is 70.2 Å². The van der Waals surface area contributed by atoms with E-state index in [1.54, 1.807) is 0 Å². The van der Waals surface area contributed by atoms with E-state index in [-0.39, 0.29) is 29.9 Å². The Morgan fingerprint density at radius 3 is 2.43 bits per heavy atom. The molecule has 3 aromatic rings. The first-order chi connectivity index (χ1) is 16.9. The van der Waals surface area contributed by atoms with E-state index in [9.17, 15) is 14.4 Å². The van der Waals surface area contributed by atoms with Crippen molar-refractivity contribution >= 4 is 34.6 Å². The average molecular weight is 490 g/mol. The number of nitrogens with one attached hydrogen (secondary N) is 1. The van der Waals surface area contributed by atoms with Gasteiger partial charge in [0.25, 0.3) is 5.91 Å². The number of anilines is 1. The van der Waals surface area contributed by atoms with Crippen molar-refractivity contribution in [2.45, 2.75) is 51.9 Å². The normalized spacial score (nSPS) is 14.1. The van der Waals surface area contributed by atoms with Crippen LogP contribution in [-0.4, -0.2) is 40.6 Å². The molecule has 0 radical (unpaired) electrons. The molecule has 4 rings (SSSR count). The van der Waals surface area contributed by atoms with Crippen LogP contribution in [0.15, 0.2) is 53.9 Å². The molecule has 35 heavy (non-hydrogen) atoms. The summed E-state index contributed by atoms with van der Waals surface area (Å²) >= 11 is 1.50. The number of aryl methyl sites for hydroxylation is 1. The van der Waals surface area contributed by atoms with Gasteiger partial charge in [0.2, 0.25) is 5.91 Å². The minimum absolute atomic E-state index is 0.0406. The maximum absolute atomic E-state index is 13.0. The van der Waals surface area contributed by atoms with Crippen LogP contribution in [0.5, 0.6) is 0 Å². The molecule has 2 amide bonds. The number of nitrogens with zero attached hydrogens (tertiary/aromatic N) is 2. The summed E-state index contributed by atoms with van der Waals surface area (Å²) in [7, 11) is 0. The SMILES string of the molecule is CCc1ccc(-c2ccccc2NC(=O)c2csc(C3CCN(C(=O)CCC(C)=O)CC3)n2)cc1. The Balaban J connectivity index is 1.38. The number of benzene rings is 2. The summed E-state index contributed by atoms with van der Waals surface area (Å²) in [5.41, 5.74) is 4.48. The van der Waals surface area contributed by atoms with E-state index in [2.05, 4.69) is 41.5 Å². The Morgan fingerprint density at radius 2 is 1.74 bits per heavy atom. The number of para-hydroxylation sites is 1. The van der Waals surface area contributed by atoms with Gasteiger partial charge in [0, 0.05) is 48.5 Å². The fourth-order valence-electron chi connectivity index (χ4n) is 4.35. The number of piperidine rings is 1. The van der Waals surface area contributed by atoms with E-state index < -0.39 is 0 Å². The van der Waals surface area contributed by atoms with E-state index >= 15 is 0 Å². The predicted octanol–water partition coefficient (Wildman–Crippen LogP) is 5.70. The van der Waals surface area contributed by atoms with Gasteiger partial charge in [-0.2, -0.15) is 0 Å². The quantitative estimate of drug-likeness (QED) is 0.440. The molecular formula is C28H31N3O3S. The summed E-state index contributed by atoms with van der Waals surface area (Å²) in [5, 5.41) is 5.79. The smallest absolute Gasteiger partial charge is 0.275 e. The van der Waals surface area contributed by atoms with E-state index in [0.29, 0.717) is 25.2 Å². The molecule has 1 saturated heterocycles. The van der Waals surface area contributed by atoms with Gasteiger partial charge in [-0.15, -0.1) is 11.3 Å². The number of likely N-dealkylation sites (tertiary alicyclic amines) is 1. The molecule has 1 aromatic heterocycles. The highest BCUT2D eigenvalue weighted by atomic mass is 32.1. The minimum Gasteiger partial charge on any atom is -0.343 e. The van der Waals surface area contributed by atoms with Crippen molar-refractivity contribution in [1.82, 2.24) is 9.88 Å². The van der Waals surface area contributed by atoms with Gasteiger partial charge in [-0.25, -0.2) is 4.98 Å². The summed E-state index contributed by atoms with van der Waals surface area (Å²) in [4.78, 5) is 42.9. The van der Waals surface area contributed by atoms with Crippen LogP contribution < -0.4 is 5.32 Å². The van der Waals surface area contributed by atoms with Crippen molar-refractivity contribution in [3.63, 3.8) is 0 Å². The Kier molecular flexibility index (Phi) is 8.08. The van der Waals surface area contributed by atoms with Gasteiger partial charge in [0.05, 0.1) is 5.01 Å². The Labute approximate surface area is 210 Å². The topological polar surface area (TPSA) is 79.4 Å². The van der Waals surface area contributed by atoms with Crippen molar-refractivity contribution in [3.8, 4) is 11.1 Å². The van der Waals surface area contributed by atoms with E-state index in [0.717, 1.165) is 41.1 Å². The lowest BCUT2D eigenvalue weighted by atomic mass is 9.97. The van der Waals surface area contributed by atoms with Crippen molar-refractivity contribution in [2.75, 3.05) is 18.4 Å². The van der Waals surface area contributed by atoms with Crippen LogP contribution in [0.2, 0.25) is 0 Å². The van der Waals surface area contributed by atoms with Crippen LogP contribution in [0.25, 0.3) is 11.1 Å². The van der Waals surface area contributed by atoms with Gasteiger partial charge in [-0.1, -0.05) is 49.4 Å². The number of hydrogen-bond donors (Lipinski definition) is 1. The molecule has 2 aromatic carbocycles. The predicted molar refractivity (Wildman–Crippen MR) is 140 cm³/mol. The molecule has 1 N–H and O–H groups in total. The molecule has 0 saturated carbocycles. The molecule has 1 aliphatic rings. The van der Waals surface area contributed by atoms with Crippen LogP contribution in [0, 0.1) is 0 Å². The molecule has 0 atom stereocenters. The zero-order chi connectivity index (χ0) is 24.8. The highest BCUT2D eigenvalue weighted by Gasteiger charge is 2.26. The van der Waals surface area contributed by atoms with Crippen molar-refractivity contribution < 1.29 is 14.4 Å². The first kappa shape index (κ1) is 24.8. The number of Topliss-reactive ketones (excluding diaryl/α,β-unsaturated/α-hetero) is 1. The minimum atomic E-state index is -0.220. The maximum Gasteiger partial charge on any atom is 0.275 e. The molecule has 182 valence electrons. The molecule has 1 fully saturated rings. The molecule has 2 heterocycles. The zero-order valence-corrected chi connectivity index (χ0v) is 21.1. The third-order valence-corrected chi connectivity index (χ3v) is 7.50. The number of amides is 2. The molecule has 0 aliphatic carbocycles. The molecule has 0 bridgehead atoms. The van der Waals surface area contributed by atoms with E-state index in [1.165, 1.54) is 23.8 Å². The Bertz CT molecular complexity index is 1190. The highest BCUT2D eigenvalue weighted by Crippen LogP contribution is 2.32. The van der Waals surface area contributed by atoms with Gasteiger partial charge in [-0.3, -0.25) is 9.59 Å². The van der Waals surface area contributed by atoms with Crippen molar-refractivity contribution in [2.24, 2.45) is 0 Å². The fourth-order valence-corrected chi connectivity index (χ4v) is 5.32. The van der Waals surface area contributed by atoms with Crippen LogP contribution in [-0.2, 0) is 16.0 Å². The third kappa shape index (κ3) is 6.22. The lowest BCUT2D eigenvalue weighted by Crippen LogP contribution is -2.38. The van der Waals surface area contributed by atoms with Gasteiger partial charge in [0.1, 0.15) is 11.5 Å². The number of ketones is 1. The number of hydrogen-bond acceptors (Lipinski definition) is 5. The first-order valence-electron chi connectivity index (χ1n) is 12.2. The van der Waals surface area contributed by atoms with Gasteiger partial charge < -0.3 is 15.0 Å². The van der Waals surface area contributed by atoms with Crippen molar-refractivity contribution in [1.29, 1.82) is 0 Å². The van der Waals surface area contributed by atoms with Crippen LogP contribution in [0.4, 0.5) is 5.69 Å². The molecule has 6 nitrogen and oxygen atoms in total. The van der Waals surface area contributed by atoms with E-state index in [4.69, 9.17) is 0 Å². The molecule has 7 heteroatoms. The average Bonchev–Trinajstić information content (AvgIpc) is 3.38. The lowest BCUT2D eigenvalue weighted by molar-refractivity contribution is -0.133. The lowest BCUT2D eigenvalue weighted by Gasteiger charge is -2.31. The maximum atomic E-state index is 13.0. The number of rotatable bonds is 8. The fraction of sp³-hybridized carbons (Fsp3) is 0.357. The highest BCUT2D eigenvalue weighted by molar-refractivity contribution is 7.10. The first-order valence-corrected chi connectivity index (χ1v) is 13.0. The number of aromatic nitrogens is 1.